The molecule has 44 heavy (non-hydrogen) atoms. The van der Waals surface area contributed by atoms with E-state index < -0.39 is 50.5 Å². The number of aliphatic hydroxyl groups is 1. The number of halogens is 4. The van der Waals surface area contributed by atoms with E-state index in [1.165, 1.54) is 23.8 Å². The van der Waals surface area contributed by atoms with E-state index >= 15 is 0 Å². The van der Waals surface area contributed by atoms with Crippen LogP contribution in [-0.4, -0.2) is 84.3 Å². The first-order chi connectivity index (χ1) is 20.8. The third-order valence-electron chi connectivity index (χ3n) is 9.65. The molecule has 0 bridgehead atoms. The van der Waals surface area contributed by atoms with Gasteiger partial charge in [-0.15, -0.1) is 10.2 Å². The van der Waals surface area contributed by atoms with Crippen LogP contribution in [0.2, 0.25) is 0 Å². The minimum absolute atomic E-state index is 0.0863. The summed E-state index contributed by atoms with van der Waals surface area (Å²) in [5.41, 5.74) is -1.21. The number of aliphatic hydroxyl groups excluding tert-OH is 1. The predicted molar refractivity (Wildman–Crippen MR) is 151 cm³/mol. The number of aromatic nitrogens is 4. The Morgan fingerprint density at radius 3 is 2.41 bits per heavy atom. The molecular formula is C27H32F4N6O5S2. The molecule has 7 rings (SSSR count). The van der Waals surface area contributed by atoms with Crippen molar-refractivity contribution in [2.75, 3.05) is 38.4 Å². The Bertz CT molecular complexity index is 1710. The maximum atomic E-state index is 13.8. The zero-order valence-electron chi connectivity index (χ0n) is 24.0. The first kappa shape index (κ1) is 30.2. The molecule has 11 nitrogen and oxygen atoms in total. The van der Waals surface area contributed by atoms with Crippen molar-refractivity contribution in [1.82, 2.24) is 24.3 Å². The topological polar surface area (TPSA) is 131 Å². The van der Waals surface area contributed by atoms with Gasteiger partial charge in [0, 0.05) is 31.8 Å². The van der Waals surface area contributed by atoms with E-state index in [9.17, 15) is 31.1 Å². The Balaban J connectivity index is 1.40. The summed E-state index contributed by atoms with van der Waals surface area (Å²) in [6, 6.07) is 1.47. The van der Waals surface area contributed by atoms with E-state index in [2.05, 4.69) is 14.9 Å². The van der Waals surface area contributed by atoms with Gasteiger partial charge in [-0.25, -0.2) is 22.5 Å². The summed E-state index contributed by atoms with van der Waals surface area (Å²) in [5.74, 6) is 0. The fraction of sp³-hybridized carbons (Fsp3) is 0.667. The third-order valence-corrected chi connectivity index (χ3v) is 12.2. The lowest BCUT2D eigenvalue weighted by molar-refractivity contribution is -0.138. The van der Waals surface area contributed by atoms with Crippen LogP contribution >= 0.6 is 11.3 Å². The molecule has 3 aromatic rings. The standard InChI is InChI=1S/C27H32F4N6O5S2/c1-15-20(38)24(14-42-15)7-9-36(10-8-24)17-11-16(44(39,40)35-25(13-28)3-4-25)12-37-18(22-33-34-23(43-22)27(29,30)31)19(32-21(17)37)26(41-2)5-6-26/h11-12,15,20,35,38H,3-10,13-14H2,1-2H3/t15-,20?/m0/s1. The molecule has 240 valence electrons. The molecule has 1 unspecified atom stereocenters. The molecule has 2 atom stereocenters. The van der Waals surface area contributed by atoms with E-state index in [1.807, 2.05) is 11.8 Å². The molecule has 1 spiro atoms. The van der Waals surface area contributed by atoms with Gasteiger partial charge in [0.1, 0.15) is 28.6 Å². The first-order valence-electron chi connectivity index (χ1n) is 14.4. The smallest absolute Gasteiger partial charge is 0.390 e. The summed E-state index contributed by atoms with van der Waals surface area (Å²) in [6.07, 6.45) is -1.39. The van der Waals surface area contributed by atoms with Gasteiger partial charge in [-0.2, -0.15) is 13.2 Å². The number of piperidine rings is 1. The molecule has 2 aliphatic carbocycles. The molecular weight excluding hydrogens is 628 g/mol. The number of fused-ring (bicyclic) bond motifs is 1. The minimum Gasteiger partial charge on any atom is -0.390 e. The lowest BCUT2D eigenvalue weighted by atomic mass is 9.74. The Hall–Kier alpha value is -2.44. The van der Waals surface area contributed by atoms with Crippen LogP contribution in [0.1, 0.15) is 56.2 Å². The Morgan fingerprint density at radius 2 is 1.89 bits per heavy atom. The van der Waals surface area contributed by atoms with Crippen molar-refractivity contribution in [3.8, 4) is 10.7 Å². The number of imidazole rings is 1. The number of hydrogen-bond donors (Lipinski definition) is 2. The highest BCUT2D eigenvalue weighted by atomic mass is 32.2. The van der Waals surface area contributed by atoms with E-state index in [1.54, 1.807) is 0 Å². The molecule has 0 aromatic carbocycles. The molecule has 2 saturated heterocycles. The summed E-state index contributed by atoms with van der Waals surface area (Å²) < 4.78 is 97.4. The van der Waals surface area contributed by atoms with Crippen LogP contribution in [0.4, 0.5) is 23.2 Å². The molecule has 2 aliphatic heterocycles. The summed E-state index contributed by atoms with van der Waals surface area (Å²) in [4.78, 5) is 6.66. The first-order valence-corrected chi connectivity index (χ1v) is 16.7. The van der Waals surface area contributed by atoms with Gasteiger partial charge >= 0.3 is 6.18 Å². The fourth-order valence-corrected chi connectivity index (χ4v) is 8.66. The Kier molecular flexibility index (Phi) is 6.89. The van der Waals surface area contributed by atoms with Crippen molar-refractivity contribution in [1.29, 1.82) is 0 Å². The molecule has 0 radical (unpaired) electrons. The molecule has 2 N–H and O–H groups in total. The van der Waals surface area contributed by atoms with Crippen LogP contribution in [0.5, 0.6) is 0 Å². The molecule has 5 heterocycles. The SMILES string of the molecule is COC1(c2nc3c(N4CCC5(CC4)CO[C@@H](C)C5O)cc(S(=O)(=O)NC4(CF)CC4)cn3c2-c2nnc(C(F)(F)F)s2)CC1. The van der Waals surface area contributed by atoms with Gasteiger partial charge in [0.05, 0.1) is 30.0 Å². The van der Waals surface area contributed by atoms with E-state index in [4.69, 9.17) is 14.5 Å². The van der Waals surface area contributed by atoms with Gasteiger partial charge in [-0.3, -0.25) is 4.40 Å². The summed E-state index contributed by atoms with van der Waals surface area (Å²) in [7, 11) is -2.77. The van der Waals surface area contributed by atoms with Crippen LogP contribution in [0.15, 0.2) is 17.2 Å². The number of hydrogen-bond acceptors (Lipinski definition) is 10. The minimum atomic E-state index is -4.72. The number of rotatable bonds is 8. The second-order valence-corrected chi connectivity index (χ2v) is 15.2. The molecule has 4 fully saturated rings. The van der Waals surface area contributed by atoms with Crippen molar-refractivity contribution >= 4 is 32.7 Å². The van der Waals surface area contributed by atoms with E-state index in [0.717, 1.165) is 0 Å². The molecule has 2 saturated carbocycles. The van der Waals surface area contributed by atoms with Gasteiger partial charge in [0.2, 0.25) is 15.0 Å². The quantitative estimate of drug-likeness (QED) is 0.348. The highest BCUT2D eigenvalue weighted by Crippen LogP contribution is 2.53. The lowest BCUT2D eigenvalue weighted by Gasteiger charge is -2.41. The second kappa shape index (κ2) is 10.0. The van der Waals surface area contributed by atoms with Gasteiger partial charge < -0.3 is 19.5 Å². The lowest BCUT2D eigenvalue weighted by Crippen LogP contribution is -2.47. The Labute approximate surface area is 254 Å². The van der Waals surface area contributed by atoms with Crippen molar-refractivity contribution in [3.05, 3.63) is 23.0 Å². The normalized spacial score (nSPS) is 25.7. The molecule has 4 aliphatic rings. The largest absolute Gasteiger partial charge is 0.445 e. The highest BCUT2D eigenvalue weighted by molar-refractivity contribution is 7.89. The van der Waals surface area contributed by atoms with E-state index in [0.29, 0.717) is 86.6 Å². The van der Waals surface area contributed by atoms with Crippen molar-refractivity contribution in [2.45, 2.75) is 79.9 Å². The Morgan fingerprint density at radius 1 is 1.18 bits per heavy atom. The number of anilines is 1. The number of sulfonamides is 1. The zero-order valence-corrected chi connectivity index (χ0v) is 25.7. The van der Waals surface area contributed by atoms with Crippen LogP contribution in [0, 0.1) is 5.41 Å². The van der Waals surface area contributed by atoms with Gasteiger partial charge in [-0.05, 0) is 51.5 Å². The zero-order chi connectivity index (χ0) is 31.3. The number of nitrogens with zero attached hydrogens (tertiary/aromatic N) is 5. The van der Waals surface area contributed by atoms with Gasteiger partial charge in [-0.1, -0.05) is 11.3 Å². The number of ether oxygens (including phenoxy) is 2. The van der Waals surface area contributed by atoms with Gasteiger partial charge in [0.25, 0.3) is 0 Å². The highest BCUT2D eigenvalue weighted by Gasteiger charge is 2.52. The molecule has 0 amide bonds. The van der Waals surface area contributed by atoms with Crippen LogP contribution in [0.3, 0.4) is 0 Å². The van der Waals surface area contributed by atoms with Gasteiger partial charge in [0.15, 0.2) is 10.7 Å². The van der Waals surface area contributed by atoms with Crippen LogP contribution < -0.4 is 9.62 Å². The maximum Gasteiger partial charge on any atom is 0.445 e. The average molecular weight is 661 g/mol. The van der Waals surface area contributed by atoms with Crippen molar-refractivity contribution in [3.63, 3.8) is 0 Å². The summed E-state index contributed by atoms with van der Waals surface area (Å²) in [5, 5.41) is 16.8. The van der Waals surface area contributed by atoms with Crippen molar-refractivity contribution in [2.24, 2.45) is 5.41 Å². The maximum absolute atomic E-state index is 13.8. The second-order valence-electron chi connectivity index (χ2n) is 12.5. The number of methoxy groups -OCH3 is 1. The number of alkyl halides is 4. The monoisotopic (exact) mass is 660 g/mol. The van der Waals surface area contributed by atoms with Crippen LogP contribution in [0.25, 0.3) is 16.3 Å². The molecule has 17 heteroatoms. The average Bonchev–Trinajstić information content (AvgIpc) is 3.82. The van der Waals surface area contributed by atoms with Crippen LogP contribution in [-0.2, 0) is 31.3 Å². The predicted octanol–water partition coefficient (Wildman–Crippen LogP) is 3.65. The third kappa shape index (κ3) is 4.81. The van der Waals surface area contributed by atoms with Crippen molar-refractivity contribution < 1.29 is 40.6 Å². The summed E-state index contributed by atoms with van der Waals surface area (Å²) in [6.45, 7) is 2.26. The van der Waals surface area contributed by atoms with E-state index in [-0.39, 0.29) is 21.7 Å². The number of pyridine rings is 1. The molecule has 3 aromatic heterocycles. The fourth-order valence-electron chi connectivity index (χ4n) is 6.45. The summed E-state index contributed by atoms with van der Waals surface area (Å²) >= 11 is 0.339. The number of nitrogens with one attached hydrogen (secondary N) is 1.